The van der Waals surface area contributed by atoms with Gasteiger partial charge in [-0.1, -0.05) is 6.07 Å². The summed E-state index contributed by atoms with van der Waals surface area (Å²) in [5.74, 6) is -1.02. The second kappa shape index (κ2) is 8.11. The highest BCUT2D eigenvalue weighted by Crippen LogP contribution is 2.09. The minimum Gasteiger partial charge on any atom is -0.480 e. The number of carbonyl (C=O) groups is 2. The van der Waals surface area contributed by atoms with Gasteiger partial charge >= 0.3 is 5.97 Å². The highest BCUT2D eigenvalue weighted by molar-refractivity contribution is 5.92. The van der Waals surface area contributed by atoms with Crippen LogP contribution in [0, 0.1) is 0 Å². The number of pyridine rings is 1. The van der Waals surface area contributed by atoms with Crippen molar-refractivity contribution in [2.24, 2.45) is 0 Å². The van der Waals surface area contributed by atoms with Crippen LogP contribution in [0.15, 0.2) is 18.2 Å². The van der Waals surface area contributed by atoms with Gasteiger partial charge in [-0.05, 0) is 19.9 Å². The molecule has 0 bridgehead atoms. The van der Waals surface area contributed by atoms with Crippen molar-refractivity contribution in [1.29, 1.82) is 0 Å². The molecule has 1 rings (SSSR count). The maximum Gasteiger partial charge on any atom is 0.329 e. The highest BCUT2D eigenvalue weighted by Gasteiger charge is 2.08. The molecule has 0 aliphatic rings. The van der Waals surface area contributed by atoms with Gasteiger partial charge in [-0.15, -0.1) is 0 Å². The normalized spacial score (nSPS) is 10.3. The fourth-order valence-corrected chi connectivity index (χ4v) is 1.34. The second-order valence-electron chi connectivity index (χ2n) is 4.23. The van der Waals surface area contributed by atoms with Gasteiger partial charge in [-0.2, -0.15) is 0 Å². The van der Waals surface area contributed by atoms with Crippen LogP contribution < -0.4 is 10.1 Å². The quantitative estimate of drug-likeness (QED) is 0.681. The van der Waals surface area contributed by atoms with E-state index >= 15 is 0 Å². The van der Waals surface area contributed by atoms with Gasteiger partial charge in [0, 0.05) is 12.6 Å². The number of ether oxygens (including phenoxy) is 2. The van der Waals surface area contributed by atoms with Crippen molar-refractivity contribution in [3.8, 4) is 5.88 Å². The lowest BCUT2D eigenvalue weighted by atomic mass is 10.3. The molecule has 0 spiro atoms. The molecule has 0 aromatic carbocycles. The number of carboxylic acid groups (broad SMARTS) is 1. The van der Waals surface area contributed by atoms with Gasteiger partial charge in [0.15, 0.2) is 0 Å². The van der Waals surface area contributed by atoms with E-state index in [1.54, 1.807) is 18.2 Å². The van der Waals surface area contributed by atoms with Crippen LogP contribution in [-0.2, 0) is 9.53 Å². The first-order valence-corrected chi connectivity index (χ1v) is 6.20. The molecule has 0 saturated carbocycles. The maximum absolute atomic E-state index is 11.8. The number of amides is 1. The van der Waals surface area contributed by atoms with E-state index in [-0.39, 0.29) is 37.5 Å². The molecule has 1 amide bonds. The van der Waals surface area contributed by atoms with Gasteiger partial charge in [-0.3, -0.25) is 4.79 Å². The molecular formula is C13H18N2O5. The number of rotatable bonds is 8. The summed E-state index contributed by atoms with van der Waals surface area (Å²) in [5, 5.41) is 10.9. The van der Waals surface area contributed by atoms with Crippen molar-refractivity contribution < 1.29 is 24.2 Å². The Morgan fingerprint density at radius 3 is 2.80 bits per heavy atom. The van der Waals surface area contributed by atoms with E-state index in [1.165, 1.54) is 0 Å². The van der Waals surface area contributed by atoms with Crippen molar-refractivity contribution in [3.63, 3.8) is 0 Å². The third kappa shape index (κ3) is 6.14. The van der Waals surface area contributed by atoms with Crippen molar-refractivity contribution in [2.45, 2.75) is 20.0 Å². The molecule has 0 radical (unpaired) electrons. The van der Waals surface area contributed by atoms with Crippen LogP contribution in [0.3, 0.4) is 0 Å². The molecule has 0 aliphatic heterocycles. The molecule has 0 saturated heterocycles. The number of aliphatic carboxylic acids is 1. The molecule has 7 nitrogen and oxygen atoms in total. The van der Waals surface area contributed by atoms with Gasteiger partial charge in [0.25, 0.3) is 5.91 Å². The average Bonchev–Trinajstić information content (AvgIpc) is 2.37. The molecule has 0 aliphatic carbocycles. The Morgan fingerprint density at radius 2 is 2.15 bits per heavy atom. The zero-order chi connectivity index (χ0) is 15.0. The second-order valence-corrected chi connectivity index (χ2v) is 4.23. The summed E-state index contributed by atoms with van der Waals surface area (Å²) in [5.41, 5.74) is 0.237. The number of aromatic nitrogens is 1. The smallest absolute Gasteiger partial charge is 0.329 e. The van der Waals surface area contributed by atoms with Crippen LogP contribution in [0.2, 0.25) is 0 Å². The first-order chi connectivity index (χ1) is 9.49. The minimum absolute atomic E-state index is 0.0229. The number of nitrogens with zero attached hydrogens (tertiary/aromatic N) is 1. The summed E-state index contributed by atoms with van der Waals surface area (Å²) in [6.45, 7) is 3.69. The SMILES string of the molecule is CC(C)Oc1cccc(C(=O)NCCOCC(=O)O)n1. The van der Waals surface area contributed by atoms with Gasteiger partial charge in [0.2, 0.25) is 5.88 Å². The zero-order valence-electron chi connectivity index (χ0n) is 11.5. The number of hydrogen-bond acceptors (Lipinski definition) is 5. The highest BCUT2D eigenvalue weighted by atomic mass is 16.5. The molecule has 2 N–H and O–H groups in total. The Balaban J connectivity index is 2.41. The van der Waals surface area contributed by atoms with Crippen molar-refractivity contribution >= 4 is 11.9 Å². The molecule has 0 atom stereocenters. The lowest BCUT2D eigenvalue weighted by Gasteiger charge is -2.09. The van der Waals surface area contributed by atoms with Crippen molar-refractivity contribution in [2.75, 3.05) is 19.8 Å². The van der Waals surface area contributed by atoms with E-state index in [0.29, 0.717) is 5.88 Å². The average molecular weight is 282 g/mol. The Bertz CT molecular complexity index is 462. The first kappa shape index (κ1) is 15.9. The molecule has 1 aromatic heterocycles. The van der Waals surface area contributed by atoms with Crippen LogP contribution in [-0.4, -0.2) is 47.8 Å². The molecule has 0 fully saturated rings. The van der Waals surface area contributed by atoms with E-state index in [0.717, 1.165) is 0 Å². The van der Waals surface area contributed by atoms with E-state index in [2.05, 4.69) is 10.3 Å². The lowest BCUT2D eigenvalue weighted by Crippen LogP contribution is -2.28. The van der Waals surface area contributed by atoms with Gasteiger partial charge in [0.05, 0.1) is 12.7 Å². The number of carbonyl (C=O) groups excluding carboxylic acids is 1. The van der Waals surface area contributed by atoms with Crippen LogP contribution >= 0.6 is 0 Å². The van der Waals surface area contributed by atoms with Gasteiger partial charge < -0.3 is 19.9 Å². The topological polar surface area (TPSA) is 97.8 Å². The van der Waals surface area contributed by atoms with Crippen molar-refractivity contribution in [1.82, 2.24) is 10.3 Å². The largest absolute Gasteiger partial charge is 0.480 e. The van der Waals surface area contributed by atoms with E-state index < -0.39 is 5.97 Å². The summed E-state index contributed by atoms with van der Waals surface area (Å²) in [4.78, 5) is 26.1. The third-order valence-corrected chi connectivity index (χ3v) is 2.07. The fourth-order valence-electron chi connectivity index (χ4n) is 1.34. The van der Waals surface area contributed by atoms with E-state index in [9.17, 15) is 9.59 Å². The van der Waals surface area contributed by atoms with Crippen LogP contribution in [0.1, 0.15) is 24.3 Å². The van der Waals surface area contributed by atoms with E-state index in [1.807, 2.05) is 13.8 Å². The van der Waals surface area contributed by atoms with Gasteiger partial charge in [0.1, 0.15) is 12.3 Å². The fraction of sp³-hybridized carbons (Fsp3) is 0.462. The molecule has 20 heavy (non-hydrogen) atoms. The number of carboxylic acids is 1. The number of nitrogens with one attached hydrogen (secondary N) is 1. The molecule has 0 unspecified atom stereocenters. The molecule has 1 heterocycles. The third-order valence-electron chi connectivity index (χ3n) is 2.07. The molecule has 110 valence electrons. The van der Waals surface area contributed by atoms with Crippen molar-refractivity contribution in [3.05, 3.63) is 23.9 Å². The summed E-state index contributed by atoms with van der Waals surface area (Å²) < 4.78 is 10.2. The maximum atomic E-state index is 11.8. The first-order valence-electron chi connectivity index (χ1n) is 6.20. The zero-order valence-corrected chi connectivity index (χ0v) is 11.5. The van der Waals surface area contributed by atoms with Crippen LogP contribution in [0.5, 0.6) is 5.88 Å². The monoisotopic (exact) mass is 282 g/mol. The Morgan fingerprint density at radius 1 is 1.40 bits per heavy atom. The summed E-state index contributed by atoms with van der Waals surface area (Å²) in [6.07, 6.45) is -0.0229. The number of hydrogen-bond donors (Lipinski definition) is 2. The summed E-state index contributed by atoms with van der Waals surface area (Å²) >= 11 is 0. The van der Waals surface area contributed by atoms with E-state index in [4.69, 9.17) is 14.6 Å². The van der Waals surface area contributed by atoms with Crippen LogP contribution in [0.4, 0.5) is 0 Å². The Kier molecular flexibility index (Phi) is 6.45. The Labute approximate surface area is 116 Å². The molecule has 1 aromatic rings. The standard InChI is InChI=1S/C13H18N2O5/c1-9(2)20-11-5-3-4-10(15-11)13(18)14-6-7-19-8-12(16)17/h3-5,9H,6-8H2,1-2H3,(H,14,18)(H,16,17). The summed E-state index contributed by atoms with van der Waals surface area (Å²) in [7, 11) is 0. The van der Waals surface area contributed by atoms with Gasteiger partial charge in [-0.25, -0.2) is 9.78 Å². The predicted octanol–water partition coefficient (Wildman–Crippen LogP) is 0.700. The van der Waals surface area contributed by atoms with Crippen LogP contribution in [0.25, 0.3) is 0 Å². The molecular weight excluding hydrogens is 264 g/mol. The predicted molar refractivity (Wildman–Crippen MR) is 70.8 cm³/mol. The minimum atomic E-state index is -1.04. The molecule has 7 heteroatoms. The lowest BCUT2D eigenvalue weighted by molar-refractivity contribution is -0.142. The Hall–Kier alpha value is -2.15. The summed E-state index contributed by atoms with van der Waals surface area (Å²) in [6, 6.07) is 4.92.